The van der Waals surface area contributed by atoms with Crippen molar-refractivity contribution in [2.75, 3.05) is 38.1 Å². The molecule has 2 aliphatic rings. The molecule has 0 aromatic heterocycles. The molecular formula is C26H30FN3O4. The van der Waals surface area contributed by atoms with Crippen LogP contribution in [0.5, 0.6) is 5.75 Å². The Morgan fingerprint density at radius 2 is 1.59 bits per heavy atom. The summed E-state index contributed by atoms with van der Waals surface area (Å²) in [5.41, 5.74) is 0.458. The highest BCUT2D eigenvalue weighted by atomic mass is 19.1. The largest absolute Gasteiger partial charge is 0.483 e. The molecule has 2 fully saturated rings. The van der Waals surface area contributed by atoms with Crippen LogP contribution < -0.4 is 10.1 Å². The predicted octanol–water partition coefficient (Wildman–Crippen LogP) is 3.71. The molecular weight excluding hydrogens is 437 g/mol. The van der Waals surface area contributed by atoms with E-state index in [4.69, 9.17) is 4.74 Å². The summed E-state index contributed by atoms with van der Waals surface area (Å²) in [5.74, 6) is -0.370. The molecule has 2 saturated heterocycles. The lowest BCUT2D eigenvalue weighted by atomic mass is 9.92. The van der Waals surface area contributed by atoms with Crippen molar-refractivity contribution in [3.8, 4) is 5.75 Å². The van der Waals surface area contributed by atoms with Gasteiger partial charge in [-0.25, -0.2) is 4.39 Å². The summed E-state index contributed by atoms with van der Waals surface area (Å²) in [4.78, 5) is 41.5. The van der Waals surface area contributed by atoms with Crippen LogP contribution in [0.25, 0.3) is 0 Å². The van der Waals surface area contributed by atoms with Crippen molar-refractivity contribution in [1.82, 2.24) is 9.80 Å². The van der Waals surface area contributed by atoms with Crippen LogP contribution >= 0.6 is 0 Å². The van der Waals surface area contributed by atoms with Gasteiger partial charge in [-0.2, -0.15) is 0 Å². The van der Waals surface area contributed by atoms with Crippen molar-refractivity contribution >= 4 is 23.4 Å². The van der Waals surface area contributed by atoms with Gasteiger partial charge in [0.1, 0.15) is 11.6 Å². The molecule has 2 heterocycles. The molecule has 1 N–H and O–H groups in total. The molecule has 3 amide bonds. The van der Waals surface area contributed by atoms with Gasteiger partial charge in [-0.15, -0.1) is 0 Å². The van der Waals surface area contributed by atoms with E-state index in [1.54, 1.807) is 35.2 Å². The highest BCUT2D eigenvalue weighted by Gasteiger charge is 2.28. The number of carbonyl (C=O) groups excluding carboxylic acids is 3. The molecule has 0 spiro atoms. The summed E-state index contributed by atoms with van der Waals surface area (Å²) in [7, 11) is 0. The average Bonchev–Trinajstić information content (AvgIpc) is 3.40. The van der Waals surface area contributed by atoms with Crippen LogP contribution in [-0.2, 0) is 9.59 Å². The van der Waals surface area contributed by atoms with Crippen LogP contribution in [0.4, 0.5) is 10.1 Å². The maximum absolute atomic E-state index is 13.7. The van der Waals surface area contributed by atoms with Crippen molar-refractivity contribution in [2.24, 2.45) is 5.92 Å². The molecule has 4 rings (SSSR count). The lowest BCUT2D eigenvalue weighted by Crippen LogP contribution is -2.40. The summed E-state index contributed by atoms with van der Waals surface area (Å²) >= 11 is 0. The molecule has 8 heteroatoms. The topological polar surface area (TPSA) is 79.0 Å². The number of benzene rings is 2. The predicted molar refractivity (Wildman–Crippen MR) is 126 cm³/mol. The second kappa shape index (κ2) is 11.1. The lowest BCUT2D eigenvalue weighted by molar-refractivity contribution is -0.131. The van der Waals surface area contributed by atoms with Crippen LogP contribution in [-0.4, -0.2) is 60.3 Å². The monoisotopic (exact) mass is 467 g/mol. The van der Waals surface area contributed by atoms with Gasteiger partial charge in [-0.1, -0.05) is 24.3 Å². The first kappa shape index (κ1) is 23.7. The standard InChI is InChI=1S/C26H30FN3O4/c27-21-8-2-3-9-22(21)28-24(31)18-34-23-10-4-1-7-20(23)26(33)30-15-11-19(12-16-30)17-25(32)29-13-5-6-14-29/h1-4,7-10,19H,5-6,11-18H2,(H,28,31). The number of halogens is 1. The van der Waals surface area contributed by atoms with Crippen LogP contribution in [0.3, 0.4) is 0 Å². The third-order valence-electron chi connectivity index (χ3n) is 6.45. The first-order valence-corrected chi connectivity index (χ1v) is 11.8. The zero-order chi connectivity index (χ0) is 23.9. The van der Waals surface area contributed by atoms with Crippen LogP contribution in [0, 0.1) is 11.7 Å². The molecule has 0 bridgehead atoms. The fourth-order valence-electron chi connectivity index (χ4n) is 4.51. The molecule has 0 atom stereocenters. The fourth-order valence-corrected chi connectivity index (χ4v) is 4.51. The number of anilines is 1. The Morgan fingerprint density at radius 1 is 0.912 bits per heavy atom. The highest BCUT2D eigenvalue weighted by Crippen LogP contribution is 2.26. The van der Waals surface area contributed by atoms with E-state index in [1.807, 2.05) is 4.90 Å². The van der Waals surface area contributed by atoms with Crippen LogP contribution in [0.2, 0.25) is 0 Å². The first-order chi connectivity index (χ1) is 16.5. The van der Waals surface area contributed by atoms with Gasteiger partial charge in [0.25, 0.3) is 11.8 Å². The molecule has 180 valence electrons. The van der Waals surface area contributed by atoms with Crippen LogP contribution in [0.15, 0.2) is 48.5 Å². The lowest BCUT2D eigenvalue weighted by Gasteiger charge is -2.32. The van der Waals surface area contributed by atoms with Gasteiger partial charge in [0.05, 0.1) is 11.3 Å². The number of piperidine rings is 1. The van der Waals surface area contributed by atoms with E-state index >= 15 is 0 Å². The Morgan fingerprint density at radius 3 is 2.32 bits per heavy atom. The molecule has 0 aliphatic carbocycles. The Hall–Kier alpha value is -3.42. The van der Waals surface area contributed by atoms with E-state index in [0.717, 1.165) is 38.8 Å². The summed E-state index contributed by atoms with van der Waals surface area (Å²) < 4.78 is 19.4. The third-order valence-corrected chi connectivity index (χ3v) is 6.45. The molecule has 7 nitrogen and oxygen atoms in total. The maximum Gasteiger partial charge on any atom is 0.262 e. The second-order valence-electron chi connectivity index (χ2n) is 8.84. The zero-order valence-electron chi connectivity index (χ0n) is 19.2. The number of rotatable bonds is 7. The Balaban J connectivity index is 1.29. The summed E-state index contributed by atoms with van der Waals surface area (Å²) in [6.45, 7) is 2.55. The molecule has 34 heavy (non-hydrogen) atoms. The van der Waals surface area contributed by atoms with Crippen molar-refractivity contribution in [1.29, 1.82) is 0 Å². The van der Waals surface area contributed by atoms with Gasteiger partial charge < -0.3 is 19.9 Å². The molecule has 2 aromatic carbocycles. The van der Waals surface area contributed by atoms with E-state index in [-0.39, 0.29) is 24.1 Å². The van der Waals surface area contributed by atoms with Gasteiger partial charge >= 0.3 is 0 Å². The first-order valence-electron chi connectivity index (χ1n) is 11.8. The smallest absolute Gasteiger partial charge is 0.262 e. The number of ether oxygens (including phenoxy) is 1. The van der Waals surface area contributed by atoms with Gasteiger partial charge in [0.15, 0.2) is 6.61 Å². The minimum absolute atomic E-state index is 0.0755. The molecule has 0 saturated carbocycles. The molecule has 0 unspecified atom stereocenters. The number of para-hydroxylation sites is 2. The van der Waals surface area contributed by atoms with Gasteiger partial charge in [-0.05, 0) is 55.9 Å². The fraction of sp³-hybridized carbons (Fsp3) is 0.423. The third kappa shape index (κ3) is 5.92. The Kier molecular flexibility index (Phi) is 7.77. The number of nitrogens with zero attached hydrogens (tertiary/aromatic N) is 2. The number of likely N-dealkylation sites (tertiary alicyclic amines) is 2. The second-order valence-corrected chi connectivity index (χ2v) is 8.84. The van der Waals surface area contributed by atoms with E-state index in [1.165, 1.54) is 18.2 Å². The molecule has 0 radical (unpaired) electrons. The van der Waals surface area contributed by atoms with E-state index < -0.39 is 11.7 Å². The number of hydrogen-bond donors (Lipinski definition) is 1. The van der Waals surface area contributed by atoms with Gasteiger partial charge in [0.2, 0.25) is 5.91 Å². The average molecular weight is 468 g/mol. The van der Waals surface area contributed by atoms with E-state index in [9.17, 15) is 18.8 Å². The minimum atomic E-state index is -0.531. The Bertz CT molecular complexity index is 1030. The Labute approximate surface area is 198 Å². The highest BCUT2D eigenvalue weighted by molar-refractivity contribution is 5.97. The zero-order valence-corrected chi connectivity index (χ0v) is 19.2. The quantitative estimate of drug-likeness (QED) is 0.673. The number of carbonyl (C=O) groups is 3. The number of hydrogen-bond acceptors (Lipinski definition) is 4. The molecule has 2 aliphatic heterocycles. The van der Waals surface area contributed by atoms with Crippen LogP contribution in [0.1, 0.15) is 42.5 Å². The number of amides is 3. The maximum atomic E-state index is 13.7. The van der Waals surface area contributed by atoms with E-state index in [2.05, 4.69) is 5.32 Å². The van der Waals surface area contributed by atoms with Gasteiger partial charge in [0, 0.05) is 32.6 Å². The van der Waals surface area contributed by atoms with Crippen molar-refractivity contribution < 1.29 is 23.5 Å². The van der Waals surface area contributed by atoms with Gasteiger partial charge in [-0.3, -0.25) is 14.4 Å². The summed E-state index contributed by atoms with van der Waals surface area (Å²) in [5, 5.41) is 2.47. The van der Waals surface area contributed by atoms with Crippen molar-refractivity contribution in [3.63, 3.8) is 0 Å². The minimum Gasteiger partial charge on any atom is -0.483 e. The van der Waals surface area contributed by atoms with Crippen molar-refractivity contribution in [2.45, 2.75) is 32.1 Å². The molecule has 2 aromatic rings. The summed E-state index contributed by atoms with van der Waals surface area (Å²) in [6.07, 6.45) is 4.31. The summed E-state index contributed by atoms with van der Waals surface area (Å²) in [6, 6.07) is 12.7. The normalized spacial score (nSPS) is 16.4. The van der Waals surface area contributed by atoms with E-state index in [0.29, 0.717) is 36.7 Å². The number of nitrogens with one attached hydrogen (secondary N) is 1. The SMILES string of the molecule is O=C(COc1ccccc1C(=O)N1CCC(CC(=O)N2CCCC2)CC1)Nc1ccccc1F. The van der Waals surface area contributed by atoms with Crippen molar-refractivity contribution in [3.05, 3.63) is 59.9 Å².